The third kappa shape index (κ3) is 8.53. The van der Waals surface area contributed by atoms with Crippen molar-refractivity contribution in [3.05, 3.63) is 63.6 Å². The summed E-state index contributed by atoms with van der Waals surface area (Å²) in [5.41, 5.74) is 0.642. The second-order valence-corrected chi connectivity index (χ2v) is 12.4. The SMILES string of the molecule is CCC(C(=O)NC1CCCC1)N(Cc1ccc(Cl)c(Cl)c1)C(=O)CCCN(c1ccc(F)c(F)c1)S(C)(=O)=O. The number of rotatable bonds is 12. The molecule has 2 aromatic rings. The smallest absolute Gasteiger partial charge is 0.243 e. The lowest BCUT2D eigenvalue weighted by molar-refractivity contribution is -0.141. The van der Waals surface area contributed by atoms with Gasteiger partial charge in [-0.3, -0.25) is 13.9 Å². The van der Waals surface area contributed by atoms with E-state index in [1.165, 1.54) is 11.0 Å². The number of carbonyl (C=O) groups is 2. The molecule has 0 aromatic heterocycles. The highest BCUT2D eigenvalue weighted by atomic mass is 35.5. The number of amides is 2. The van der Waals surface area contributed by atoms with Crippen LogP contribution in [0.5, 0.6) is 0 Å². The van der Waals surface area contributed by atoms with Gasteiger partial charge >= 0.3 is 0 Å². The van der Waals surface area contributed by atoms with Crippen molar-refractivity contribution in [3.8, 4) is 0 Å². The van der Waals surface area contributed by atoms with Gasteiger partial charge in [0.1, 0.15) is 6.04 Å². The molecule has 2 amide bonds. The summed E-state index contributed by atoms with van der Waals surface area (Å²) in [7, 11) is -3.84. The number of sulfonamides is 1. The molecule has 12 heteroatoms. The number of benzene rings is 2. The number of nitrogens with zero attached hydrogens (tertiary/aromatic N) is 2. The van der Waals surface area contributed by atoms with Crippen LogP contribution in [0.3, 0.4) is 0 Å². The van der Waals surface area contributed by atoms with E-state index in [2.05, 4.69) is 5.32 Å². The monoisotopic (exact) mass is 603 g/mol. The zero-order valence-electron chi connectivity index (χ0n) is 21.9. The minimum atomic E-state index is -3.84. The van der Waals surface area contributed by atoms with Crippen molar-refractivity contribution in [3.63, 3.8) is 0 Å². The van der Waals surface area contributed by atoms with Gasteiger partial charge in [0.25, 0.3) is 0 Å². The van der Waals surface area contributed by atoms with Crippen LogP contribution in [-0.4, -0.2) is 50.0 Å². The number of hydrogen-bond acceptors (Lipinski definition) is 4. The van der Waals surface area contributed by atoms with Crippen LogP contribution in [0.1, 0.15) is 57.4 Å². The summed E-state index contributed by atoms with van der Waals surface area (Å²) in [4.78, 5) is 28.2. The van der Waals surface area contributed by atoms with Crippen molar-refractivity contribution >= 4 is 50.7 Å². The number of nitrogens with one attached hydrogen (secondary N) is 1. The highest BCUT2D eigenvalue weighted by Crippen LogP contribution is 2.26. The van der Waals surface area contributed by atoms with E-state index in [9.17, 15) is 26.8 Å². The first-order valence-electron chi connectivity index (χ1n) is 12.9. The average molecular weight is 605 g/mol. The Morgan fingerprint density at radius 2 is 1.74 bits per heavy atom. The number of carbonyl (C=O) groups excluding carboxylic acids is 2. The van der Waals surface area contributed by atoms with Crippen LogP contribution in [0.2, 0.25) is 10.0 Å². The Bertz CT molecular complexity index is 1290. The summed E-state index contributed by atoms with van der Waals surface area (Å²) in [5.74, 6) is -2.86. The van der Waals surface area contributed by atoms with Crippen molar-refractivity contribution in [2.45, 2.75) is 70.5 Å². The number of halogens is 4. The van der Waals surface area contributed by atoms with Crippen LogP contribution in [0.15, 0.2) is 36.4 Å². The van der Waals surface area contributed by atoms with Crippen molar-refractivity contribution in [1.29, 1.82) is 0 Å². The van der Waals surface area contributed by atoms with E-state index in [4.69, 9.17) is 23.2 Å². The molecule has 0 spiro atoms. The highest BCUT2D eigenvalue weighted by Gasteiger charge is 2.31. The fourth-order valence-electron chi connectivity index (χ4n) is 4.77. The molecule has 0 heterocycles. The lowest BCUT2D eigenvalue weighted by Gasteiger charge is -2.32. The van der Waals surface area contributed by atoms with Crippen molar-refractivity contribution in [1.82, 2.24) is 10.2 Å². The Kier molecular flexibility index (Phi) is 11.0. The molecule has 1 N–H and O–H groups in total. The quantitative estimate of drug-likeness (QED) is 0.338. The lowest BCUT2D eigenvalue weighted by atomic mass is 10.1. The molecule has 1 atom stereocenters. The van der Waals surface area contributed by atoms with Crippen LogP contribution < -0.4 is 9.62 Å². The Hall–Kier alpha value is -2.43. The Morgan fingerprint density at radius 1 is 1.05 bits per heavy atom. The average Bonchev–Trinajstić information content (AvgIpc) is 3.38. The summed E-state index contributed by atoms with van der Waals surface area (Å²) in [6.45, 7) is 1.79. The van der Waals surface area contributed by atoms with E-state index in [1.807, 2.05) is 6.92 Å². The van der Waals surface area contributed by atoms with Crippen LogP contribution >= 0.6 is 23.2 Å². The summed E-state index contributed by atoms with van der Waals surface area (Å²) >= 11 is 12.2. The Morgan fingerprint density at radius 3 is 2.33 bits per heavy atom. The molecule has 1 saturated carbocycles. The Balaban J connectivity index is 1.78. The van der Waals surface area contributed by atoms with Gasteiger partial charge in [0.2, 0.25) is 21.8 Å². The van der Waals surface area contributed by atoms with E-state index in [0.717, 1.165) is 48.4 Å². The summed E-state index contributed by atoms with van der Waals surface area (Å²) in [5, 5.41) is 3.75. The maximum atomic E-state index is 13.8. The van der Waals surface area contributed by atoms with Crippen LogP contribution in [0.4, 0.5) is 14.5 Å². The molecule has 1 fully saturated rings. The molecule has 7 nitrogen and oxygen atoms in total. The summed E-state index contributed by atoms with van der Waals surface area (Å²) < 4.78 is 52.9. The Labute approximate surface area is 238 Å². The summed E-state index contributed by atoms with van der Waals surface area (Å²) in [6.07, 6.45) is 5.21. The highest BCUT2D eigenvalue weighted by molar-refractivity contribution is 7.92. The maximum Gasteiger partial charge on any atom is 0.243 e. The van der Waals surface area contributed by atoms with Gasteiger partial charge in [0, 0.05) is 31.6 Å². The molecule has 0 aliphatic heterocycles. The zero-order valence-corrected chi connectivity index (χ0v) is 24.3. The van der Waals surface area contributed by atoms with Gasteiger partial charge in [-0.1, -0.05) is 49.0 Å². The molecule has 214 valence electrons. The van der Waals surface area contributed by atoms with Crippen molar-refractivity contribution in [2.75, 3.05) is 17.1 Å². The van der Waals surface area contributed by atoms with Crippen LogP contribution in [0, 0.1) is 11.6 Å². The molecule has 2 aromatic carbocycles. The third-order valence-electron chi connectivity index (χ3n) is 6.77. The molecule has 0 saturated heterocycles. The van der Waals surface area contributed by atoms with E-state index in [1.54, 1.807) is 18.2 Å². The lowest BCUT2D eigenvalue weighted by Crippen LogP contribution is -2.51. The molecule has 0 radical (unpaired) electrons. The first-order valence-corrected chi connectivity index (χ1v) is 15.5. The van der Waals surface area contributed by atoms with Crippen molar-refractivity contribution in [2.24, 2.45) is 0 Å². The second kappa shape index (κ2) is 13.8. The minimum Gasteiger partial charge on any atom is -0.352 e. The van der Waals surface area contributed by atoms with Gasteiger partial charge in [-0.05, 0) is 55.5 Å². The topological polar surface area (TPSA) is 86.8 Å². The number of anilines is 1. The molecule has 1 aliphatic rings. The first-order chi connectivity index (χ1) is 18.4. The van der Waals surface area contributed by atoms with Gasteiger partial charge in [-0.25, -0.2) is 17.2 Å². The number of hydrogen-bond donors (Lipinski definition) is 1. The maximum absolute atomic E-state index is 13.8. The standard InChI is InChI=1S/C27H33Cl2F2N3O4S/c1-3-25(27(36)32-19-7-4-5-8-19)33(17-18-10-12-21(28)22(29)15-18)26(35)9-6-14-34(39(2,37)38)20-11-13-23(30)24(31)16-20/h10-13,15-16,19,25H,3-9,14,17H2,1-2H3,(H,32,36). The van der Waals surface area contributed by atoms with E-state index >= 15 is 0 Å². The van der Waals surface area contributed by atoms with Gasteiger partial charge < -0.3 is 10.2 Å². The molecular weight excluding hydrogens is 571 g/mol. The molecule has 39 heavy (non-hydrogen) atoms. The predicted molar refractivity (Wildman–Crippen MR) is 149 cm³/mol. The zero-order chi connectivity index (χ0) is 28.7. The van der Waals surface area contributed by atoms with Crippen LogP contribution in [-0.2, 0) is 26.2 Å². The molecule has 0 bridgehead atoms. The minimum absolute atomic E-state index is 0.0427. The van der Waals surface area contributed by atoms with Gasteiger partial charge in [-0.2, -0.15) is 0 Å². The fourth-order valence-corrected chi connectivity index (χ4v) is 6.04. The normalized spacial score (nSPS) is 14.7. The van der Waals surface area contributed by atoms with Crippen molar-refractivity contribution < 1.29 is 26.8 Å². The van der Waals surface area contributed by atoms with E-state index < -0.39 is 27.7 Å². The second-order valence-electron chi connectivity index (χ2n) is 9.72. The van der Waals surface area contributed by atoms with Crippen LogP contribution in [0.25, 0.3) is 0 Å². The third-order valence-corrected chi connectivity index (χ3v) is 8.70. The van der Waals surface area contributed by atoms with E-state index in [0.29, 0.717) is 22.0 Å². The molecular formula is C27H33Cl2F2N3O4S. The van der Waals surface area contributed by atoms with Gasteiger partial charge in [0.05, 0.1) is 22.0 Å². The first kappa shape index (κ1) is 31.1. The fraction of sp³-hybridized carbons (Fsp3) is 0.481. The molecule has 3 rings (SSSR count). The molecule has 1 unspecified atom stereocenters. The van der Waals surface area contributed by atoms with Gasteiger partial charge in [0.15, 0.2) is 11.6 Å². The predicted octanol–water partition coefficient (Wildman–Crippen LogP) is 5.68. The molecule has 1 aliphatic carbocycles. The van der Waals surface area contributed by atoms with E-state index in [-0.39, 0.29) is 49.5 Å². The summed E-state index contributed by atoms with van der Waals surface area (Å²) in [6, 6.07) is 7.13. The van der Waals surface area contributed by atoms with Gasteiger partial charge in [-0.15, -0.1) is 0 Å². The largest absolute Gasteiger partial charge is 0.352 e.